The molecule has 0 fully saturated rings. The van der Waals surface area contributed by atoms with Gasteiger partial charge in [0.2, 0.25) is 0 Å². The maximum absolute atomic E-state index is 13.3. The zero-order valence-electron chi connectivity index (χ0n) is 9.95. The Morgan fingerprint density at radius 2 is 1.58 bits per heavy atom. The van der Waals surface area contributed by atoms with Gasteiger partial charge in [-0.2, -0.15) is 0 Å². The first-order valence-electron chi connectivity index (χ1n) is 5.57. The van der Waals surface area contributed by atoms with Gasteiger partial charge in [0.15, 0.2) is 0 Å². The molecule has 0 atom stereocenters. The molecule has 3 nitrogen and oxygen atoms in total. The van der Waals surface area contributed by atoms with E-state index in [4.69, 9.17) is 0 Å². The Hall–Kier alpha value is -2.14. The summed E-state index contributed by atoms with van der Waals surface area (Å²) in [7, 11) is -3.73. The monoisotopic (exact) mass is 277 g/mol. The van der Waals surface area contributed by atoms with Crippen molar-refractivity contribution in [1.82, 2.24) is 0 Å². The van der Waals surface area contributed by atoms with E-state index in [1.54, 1.807) is 30.3 Å². The van der Waals surface area contributed by atoms with Crippen LogP contribution in [0, 0.1) is 5.82 Å². The summed E-state index contributed by atoms with van der Waals surface area (Å²) in [6, 6.07) is 14.6. The quantitative estimate of drug-likeness (QED) is 0.932. The van der Waals surface area contributed by atoms with Crippen LogP contribution in [0.5, 0.6) is 0 Å². The van der Waals surface area contributed by atoms with Gasteiger partial charge in [0.25, 0.3) is 10.0 Å². The van der Waals surface area contributed by atoms with Crippen LogP contribution in [0.15, 0.2) is 60.0 Å². The Kier molecular flexibility index (Phi) is 3.97. The number of halogens is 1. The molecule has 0 aromatic heterocycles. The van der Waals surface area contributed by atoms with E-state index in [1.165, 1.54) is 24.3 Å². The minimum Gasteiger partial charge on any atom is -0.277 e. The Morgan fingerprint density at radius 3 is 2.26 bits per heavy atom. The number of anilines is 1. The Morgan fingerprint density at radius 1 is 0.947 bits per heavy atom. The molecule has 0 heterocycles. The fraction of sp³-hybridized carbons (Fsp3) is 0. The lowest BCUT2D eigenvalue weighted by Gasteiger charge is -2.04. The topological polar surface area (TPSA) is 46.2 Å². The van der Waals surface area contributed by atoms with Crippen LogP contribution in [0.2, 0.25) is 0 Å². The van der Waals surface area contributed by atoms with Crippen LogP contribution >= 0.6 is 0 Å². The molecule has 0 amide bonds. The average molecular weight is 277 g/mol. The van der Waals surface area contributed by atoms with Crippen molar-refractivity contribution in [1.29, 1.82) is 0 Å². The highest BCUT2D eigenvalue weighted by Crippen LogP contribution is 2.15. The number of para-hydroxylation sites is 1. The molecule has 0 saturated heterocycles. The first kappa shape index (κ1) is 13.3. The fourth-order valence-corrected chi connectivity index (χ4v) is 2.34. The van der Waals surface area contributed by atoms with Gasteiger partial charge < -0.3 is 0 Å². The van der Waals surface area contributed by atoms with Crippen molar-refractivity contribution in [2.75, 3.05) is 4.72 Å². The van der Waals surface area contributed by atoms with Crippen molar-refractivity contribution in [3.05, 3.63) is 71.4 Å². The maximum Gasteiger partial charge on any atom is 0.255 e. The van der Waals surface area contributed by atoms with Gasteiger partial charge in [-0.3, -0.25) is 4.72 Å². The summed E-state index contributed by atoms with van der Waals surface area (Å²) in [6.07, 6.45) is 1.45. The summed E-state index contributed by atoms with van der Waals surface area (Å²) in [4.78, 5) is 0. The first-order chi connectivity index (χ1) is 9.07. The van der Waals surface area contributed by atoms with Crippen LogP contribution in [-0.4, -0.2) is 8.42 Å². The molecule has 0 bridgehead atoms. The maximum atomic E-state index is 13.3. The molecule has 5 heteroatoms. The molecule has 2 rings (SSSR count). The summed E-state index contributed by atoms with van der Waals surface area (Å²) in [6.45, 7) is 0. The SMILES string of the molecule is O=S(=O)(C=Cc1ccccc1)Nc1ccccc1F. The molecule has 0 spiro atoms. The smallest absolute Gasteiger partial charge is 0.255 e. The molecule has 0 aliphatic heterocycles. The number of nitrogens with one attached hydrogen (secondary N) is 1. The van der Waals surface area contributed by atoms with Crippen LogP contribution in [0.3, 0.4) is 0 Å². The fourth-order valence-electron chi connectivity index (χ4n) is 1.46. The molecule has 0 radical (unpaired) electrons. The minimum atomic E-state index is -3.73. The van der Waals surface area contributed by atoms with Gasteiger partial charge in [-0.15, -0.1) is 0 Å². The summed E-state index contributed by atoms with van der Waals surface area (Å²) in [5.41, 5.74) is 0.682. The van der Waals surface area contributed by atoms with Crippen molar-refractivity contribution in [2.45, 2.75) is 0 Å². The van der Waals surface area contributed by atoms with E-state index in [0.29, 0.717) is 0 Å². The van der Waals surface area contributed by atoms with Gasteiger partial charge in [-0.1, -0.05) is 42.5 Å². The van der Waals surface area contributed by atoms with Crippen molar-refractivity contribution >= 4 is 21.8 Å². The van der Waals surface area contributed by atoms with Gasteiger partial charge in [-0.05, 0) is 23.8 Å². The van der Waals surface area contributed by atoms with Crippen molar-refractivity contribution in [2.24, 2.45) is 0 Å². The van der Waals surface area contributed by atoms with Gasteiger partial charge >= 0.3 is 0 Å². The van der Waals surface area contributed by atoms with E-state index in [2.05, 4.69) is 4.72 Å². The second-order valence-electron chi connectivity index (χ2n) is 3.84. The zero-order chi connectivity index (χ0) is 13.7. The molecule has 98 valence electrons. The van der Waals surface area contributed by atoms with Gasteiger partial charge in [-0.25, -0.2) is 12.8 Å². The summed E-state index contributed by atoms with van der Waals surface area (Å²) >= 11 is 0. The Labute approximate surface area is 111 Å². The highest BCUT2D eigenvalue weighted by molar-refractivity contribution is 7.95. The van der Waals surface area contributed by atoms with E-state index in [-0.39, 0.29) is 5.69 Å². The lowest BCUT2D eigenvalue weighted by molar-refractivity contribution is 0.606. The lowest BCUT2D eigenvalue weighted by atomic mass is 10.2. The third kappa shape index (κ3) is 3.93. The highest BCUT2D eigenvalue weighted by Gasteiger charge is 2.08. The van der Waals surface area contributed by atoms with Crippen LogP contribution < -0.4 is 4.72 Å². The average Bonchev–Trinajstić information content (AvgIpc) is 2.40. The summed E-state index contributed by atoms with van der Waals surface area (Å²) in [5, 5.41) is 1.01. The third-order valence-electron chi connectivity index (χ3n) is 2.37. The third-order valence-corrected chi connectivity index (χ3v) is 3.36. The van der Waals surface area contributed by atoms with Gasteiger partial charge in [0, 0.05) is 0 Å². The number of sulfonamides is 1. The number of benzene rings is 2. The van der Waals surface area contributed by atoms with E-state index in [1.807, 2.05) is 6.07 Å². The number of hydrogen-bond acceptors (Lipinski definition) is 2. The zero-order valence-corrected chi connectivity index (χ0v) is 10.8. The highest BCUT2D eigenvalue weighted by atomic mass is 32.2. The van der Waals surface area contributed by atoms with Crippen molar-refractivity contribution < 1.29 is 12.8 Å². The van der Waals surface area contributed by atoms with E-state index in [0.717, 1.165) is 11.0 Å². The predicted molar refractivity (Wildman–Crippen MR) is 74.4 cm³/mol. The molecular formula is C14H12FNO2S. The predicted octanol–water partition coefficient (Wildman–Crippen LogP) is 3.24. The molecule has 1 N–H and O–H groups in total. The largest absolute Gasteiger partial charge is 0.277 e. The molecule has 0 unspecified atom stereocenters. The molecule has 0 aliphatic rings. The van der Waals surface area contributed by atoms with Gasteiger partial charge in [0.05, 0.1) is 11.1 Å². The molecule has 0 aliphatic carbocycles. The van der Waals surface area contributed by atoms with E-state index < -0.39 is 15.8 Å². The van der Waals surface area contributed by atoms with Crippen molar-refractivity contribution in [3.63, 3.8) is 0 Å². The lowest BCUT2D eigenvalue weighted by Crippen LogP contribution is -2.09. The van der Waals surface area contributed by atoms with Crippen LogP contribution in [0.25, 0.3) is 6.08 Å². The van der Waals surface area contributed by atoms with Crippen molar-refractivity contribution in [3.8, 4) is 0 Å². The Balaban J connectivity index is 2.16. The number of hydrogen-bond donors (Lipinski definition) is 1. The van der Waals surface area contributed by atoms with Crippen LogP contribution in [-0.2, 0) is 10.0 Å². The second kappa shape index (κ2) is 5.67. The second-order valence-corrected chi connectivity index (χ2v) is 5.41. The van der Waals surface area contributed by atoms with E-state index >= 15 is 0 Å². The molecule has 0 saturated carbocycles. The van der Waals surface area contributed by atoms with E-state index in [9.17, 15) is 12.8 Å². The number of rotatable bonds is 4. The molecular weight excluding hydrogens is 265 g/mol. The minimum absolute atomic E-state index is 0.0692. The normalized spacial score (nSPS) is 11.6. The molecule has 2 aromatic carbocycles. The molecule has 19 heavy (non-hydrogen) atoms. The summed E-state index contributed by atoms with van der Waals surface area (Å²) < 4.78 is 39.0. The van der Waals surface area contributed by atoms with Crippen LogP contribution in [0.1, 0.15) is 5.56 Å². The first-order valence-corrected chi connectivity index (χ1v) is 7.12. The summed E-state index contributed by atoms with van der Waals surface area (Å²) in [5.74, 6) is -0.612. The standard InChI is InChI=1S/C14H12FNO2S/c15-13-8-4-5-9-14(13)16-19(17,18)11-10-12-6-2-1-3-7-12/h1-11,16H. The molecule has 2 aromatic rings. The van der Waals surface area contributed by atoms with Crippen LogP contribution in [0.4, 0.5) is 10.1 Å². The Bertz CT molecular complexity index is 682. The van der Waals surface area contributed by atoms with Gasteiger partial charge in [0.1, 0.15) is 5.82 Å².